The SMILES string of the molecule is CCCNC1(CO)CCC(n2cc(C)cn2)C1. The largest absolute Gasteiger partial charge is 0.394 e. The summed E-state index contributed by atoms with van der Waals surface area (Å²) in [6.07, 6.45) is 8.21. The van der Waals surface area contributed by atoms with Crippen molar-refractivity contribution in [2.24, 2.45) is 0 Å². The quantitative estimate of drug-likeness (QED) is 0.818. The van der Waals surface area contributed by atoms with E-state index in [0.717, 1.165) is 32.2 Å². The minimum Gasteiger partial charge on any atom is -0.394 e. The van der Waals surface area contributed by atoms with Crippen LogP contribution in [0.15, 0.2) is 12.4 Å². The first-order valence-corrected chi connectivity index (χ1v) is 6.56. The smallest absolute Gasteiger partial charge is 0.0614 e. The third-order valence-corrected chi connectivity index (χ3v) is 3.74. The van der Waals surface area contributed by atoms with Gasteiger partial charge in [0.2, 0.25) is 0 Å². The average Bonchev–Trinajstić information content (AvgIpc) is 2.93. The maximum atomic E-state index is 9.62. The molecule has 1 aromatic rings. The maximum Gasteiger partial charge on any atom is 0.0614 e. The van der Waals surface area contributed by atoms with Crippen molar-refractivity contribution in [3.8, 4) is 0 Å². The van der Waals surface area contributed by atoms with Crippen LogP contribution in [0.5, 0.6) is 0 Å². The summed E-state index contributed by atoms with van der Waals surface area (Å²) in [4.78, 5) is 0. The molecule has 0 aromatic carbocycles. The van der Waals surface area contributed by atoms with Crippen molar-refractivity contribution >= 4 is 0 Å². The molecule has 1 heterocycles. The molecule has 0 saturated heterocycles. The second-order valence-electron chi connectivity index (χ2n) is 5.26. The second kappa shape index (κ2) is 5.19. The molecule has 1 aromatic heterocycles. The van der Waals surface area contributed by atoms with Gasteiger partial charge in [0.05, 0.1) is 18.8 Å². The van der Waals surface area contributed by atoms with Gasteiger partial charge in [0.25, 0.3) is 0 Å². The predicted molar refractivity (Wildman–Crippen MR) is 68.0 cm³/mol. The third-order valence-electron chi connectivity index (χ3n) is 3.74. The van der Waals surface area contributed by atoms with Gasteiger partial charge in [-0.1, -0.05) is 6.92 Å². The molecule has 0 spiro atoms. The fourth-order valence-corrected chi connectivity index (χ4v) is 2.71. The van der Waals surface area contributed by atoms with Gasteiger partial charge in [-0.2, -0.15) is 5.10 Å². The Morgan fingerprint density at radius 1 is 1.65 bits per heavy atom. The van der Waals surface area contributed by atoms with Crippen LogP contribution in [0.2, 0.25) is 0 Å². The topological polar surface area (TPSA) is 50.1 Å². The molecule has 1 fully saturated rings. The normalized spacial score (nSPS) is 28.8. The number of aliphatic hydroxyl groups excluding tert-OH is 1. The van der Waals surface area contributed by atoms with Crippen molar-refractivity contribution in [1.29, 1.82) is 0 Å². The lowest BCUT2D eigenvalue weighted by Gasteiger charge is -2.28. The van der Waals surface area contributed by atoms with Gasteiger partial charge >= 0.3 is 0 Å². The number of aliphatic hydroxyl groups is 1. The lowest BCUT2D eigenvalue weighted by atomic mass is 9.98. The van der Waals surface area contributed by atoms with Crippen LogP contribution < -0.4 is 5.32 Å². The highest BCUT2D eigenvalue weighted by Crippen LogP contribution is 2.37. The Labute approximate surface area is 103 Å². The highest BCUT2D eigenvalue weighted by atomic mass is 16.3. The van der Waals surface area contributed by atoms with Gasteiger partial charge in [-0.3, -0.25) is 4.68 Å². The molecule has 2 atom stereocenters. The van der Waals surface area contributed by atoms with E-state index < -0.39 is 0 Å². The highest BCUT2D eigenvalue weighted by molar-refractivity contribution is 5.04. The Hall–Kier alpha value is -0.870. The van der Waals surface area contributed by atoms with Crippen LogP contribution >= 0.6 is 0 Å². The van der Waals surface area contributed by atoms with Gasteiger partial charge in [-0.25, -0.2) is 0 Å². The van der Waals surface area contributed by atoms with Crippen LogP contribution in [0.4, 0.5) is 0 Å². The van der Waals surface area contributed by atoms with Crippen molar-refractivity contribution in [2.75, 3.05) is 13.2 Å². The minimum absolute atomic E-state index is 0.0828. The van der Waals surface area contributed by atoms with Crippen LogP contribution in [0.3, 0.4) is 0 Å². The monoisotopic (exact) mass is 237 g/mol. The number of hydrogen-bond donors (Lipinski definition) is 2. The Morgan fingerprint density at radius 3 is 3.06 bits per heavy atom. The molecule has 96 valence electrons. The number of aromatic nitrogens is 2. The molecule has 0 aliphatic heterocycles. The molecule has 1 saturated carbocycles. The zero-order chi connectivity index (χ0) is 12.3. The molecule has 1 aliphatic rings. The number of nitrogens with one attached hydrogen (secondary N) is 1. The van der Waals surface area contributed by atoms with Crippen LogP contribution in [0, 0.1) is 6.92 Å². The molecule has 4 heteroatoms. The van der Waals surface area contributed by atoms with Crippen LogP contribution in [0.25, 0.3) is 0 Å². The Morgan fingerprint density at radius 2 is 2.47 bits per heavy atom. The van der Waals surface area contributed by atoms with Crippen molar-refractivity contribution in [3.63, 3.8) is 0 Å². The molecular formula is C13H23N3O. The summed E-state index contributed by atoms with van der Waals surface area (Å²) in [6, 6.07) is 0.431. The zero-order valence-electron chi connectivity index (χ0n) is 10.8. The Balaban J connectivity index is 2.01. The summed E-state index contributed by atoms with van der Waals surface area (Å²) in [7, 11) is 0. The van der Waals surface area contributed by atoms with Crippen molar-refractivity contribution < 1.29 is 5.11 Å². The van der Waals surface area contributed by atoms with Crippen molar-refractivity contribution in [1.82, 2.24) is 15.1 Å². The van der Waals surface area contributed by atoms with Crippen LogP contribution in [-0.4, -0.2) is 33.6 Å². The zero-order valence-corrected chi connectivity index (χ0v) is 10.8. The summed E-state index contributed by atoms with van der Waals surface area (Å²) >= 11 is 0. The summed E-state index contributed by atoms with van der Waals surface area (Å²) in [6.45, 7) is 5.42. The van der Waals surface area contributed by atoms with Crippen LogP contribution in [-0.2, 0) is 0 Å². The first kappa shape index (κ1) is 12.6. The van der Waals surface area contributed by atoms with E-state index in [1.807, 2.05) is 6.20 Å². The van der Waals surface area contributed by atoms with E-state index in [1.54, 1.807) is 0 Å². The molecular weight excluding hydrogens is 214 g/mol. The Bertz CT molecular complexity index is 363. The number of hydrogen-bond acceptors (Lipinski definition) is 3. The summed E-state index contributed by atoms with van der Waals surface area (Å²) < 4.78 is 2.06. The molecule has 2 unspecified atom stereocenters. The van der Waals surface area contributed by atoms with Gasteiger partial charge in [-0.05, 0) is 44.7 Å². The summed E-state index contributed by atoms with van der Waals surface area (Å²) in [5.74, 6) is 0. The molecule has 0 amide bonds. The average molecular weight is 237 g/mol. The fourth-order valence-electron chi connectivity index (χ4n) is 2.71. The standard InChI is InChI=1S/C13H23N3O/c1-3-6-14-13(10-17)5-4-12(7-13)16-9-11(2)8-15-16/h8-9,12,14,17H,3-7,10H2,1-2H3. The van der Waals surface area contributed by atoms with E-state index in [4.69, 9.17) is 0 Å². The molecule has 1 aliphatic carbocycles. The Kier molecular flexibility index (Phi) is 3.84. The van der Waals surface area contributed by atoms with E-state index in [1.165, 1.54) is 5.56 Å². The number of nitrogens with zero attached hydrogens (tertiary/aromatic N) is 2. The first-order valence-electron chi connectivity index (χ1n) is 6.56. The summed E-state index contributed by atoms with van der Waals surface area (Å²) in [5.41, 5.74) is 1.12. The summed E-state index contributed by atoms with van der Waals surface area (Å²) in [5, 5.41) is 17.5. The number of aryl methyl sites for hydroxylation is 1. The second-order valence-corrected chi connectivity index (χ2v) is 5.26. The molecule has 2 N–H and O–H groups in total. The lowest BCUT2D eigenvalue weighted by molar-refractivity contribution is 0.160. The number of rotatable bonds is 5. The molecule has 0 radical (unpaired) electrons. The van der Waals surface area contributed by atoms with Gasteiger partial charge in [0, 0.05) is 11.7 Å². The van der Waals surface area contributed by atoms with Gasteiger partial charge in [0.15, 0.2) is 0 Å². The maximum absolute atomic E-state index is 9.62. The minimum atomic E-state index is -0.0828. The van der Waals surface area contributed by atoms with E-state index in [-0.39, 0.29) is 12.1 Å². The third kappa shape index (κ3) is 2.69. The molecule has 2 rings (SSSR count). The highest BCUT2D eigenvalue weighted by Gasteiger charge is 2.39. The van der Waals surface area contributed by atoms with Crippen molar-refractivity contribution in [2.45, 2.75) is 51.1 Å². The van der Waals surface area contributed by atoms with Gasteiger partial charge in [-0.15, -0.1) is 0 Å². The van der Waals surface area contributed by atoms with Gasteiger partial charge in [0.1, 0.15) is 0 Å². The molecule has 4 nitrogen and oxygen atoms in total. The fraction of sp³-hybridized carbons (Fsp3) is 0.769. The van der Waals surface area contributed by atoms with E-state index in [9.17, 15) is 5.11 Å². The first-order chi connectivity index (χ1) is 8.19. The predicted octanol–water partition coefficient (Wildman–Crippen LogP) is 1.65. The lowest BCUT2D eigenvalue weighted by Crippen LogP contribution is -2.46. The molecule has 0 bridgehead atoms. The van der Waals surface area contributed by atoms with Crippen molar-refractivity contribution in [3.05, 3.63) is 18.0 Å². The van der Waals surface area contributed by atoms with E-state index in [2.05, 4.69) is 35.1 Å². The van der Waals surface area contributed by atoms with Crippen LogP contribution in [0.1, 0.15) is 44.2 Å². The molecule has 17 heavy (non-hydrogen) atoms. The van der Waals surface area contributed by atoms with Gasteiger partial charge < -0.3 is 10.4 Å². The van der Waals surface area contributed by atoms with E-state index >= 15 is 0 Å². The van der Waals surface area contributed by atoms with E-state index in [0.29, 0.717) is 6.04 Å².